The number of hydrogen-bond donors (Lipinski definition) is 3. The van der Waals surface area contributed by atoms with Gasteiger partial charge in [0.2, 0.25) is 5.95 Å². The standard InChI is InChI=1S/C29H35N7O/c1-16(2)26-18(4)31-29(34-23-13-30-14-23)35-28(26)36-8-9-37-27-17(3)10-21(11-22(27)15-36)20-6-7-24-25(12-20)33-19(5)32-24/h6-7,10-12,16,23,30H,8-9,13-15H2,1-5H3,(H,32,33)(H,31,34,35). The summed E-state index contributed by atoms with van der Waals surface area (Å²) in [6, 6.07) is 11.3. The zero-order valence-corrected chi connectivity index (χ0v) is 22.3. The lowest BCUT2D eigenvalue weighted by Gasteiger charge is -2.30. The van der Waals surface area contributed by atoms with Crippen molar-refractivity contribution in [2.24, 2.45) is 0 Å². The van der Waals surface area contributed by atoms with Crippen molar-refractivity contribution in [3.8, 4) is 16.9 Å². The van der Waals surface area contributed by atoms with Crippen LogP contribution in [-0.2, 0) is 6.54 Å². The van der Waals surface area contributed by atoms with Crippen LogP contribution in [0.25, 0.3) is 22.2 Å². The van der Waals surface area contributed by atoms with Gasteiger partial charge < -0.3 is 25.3 Å². The smallest absolute Gasteiger partial charge is 0.225 e. The topological polar surface area (TPSA) is 91.0 Å². The molecule has 192 valence electrons. The lowest BCUT2D eigenvalue weighted by atomic mass is 9.98. The highest BCUT2D eigenvalue weighted by atomic mass is 16.5. The molecule has 0 aliphatic carbocycles. The molecule has 0 spiro atoms. The number of nitrogens with zero attached hydrogens (tertiary/aromatic N) is 4. The van der Waals surface area contributed by atoms with Gasteiger partial charge in [-0.3, -0.25) is 0 Å². The molecule has 0 unspecified atom stereocenters. The van der Waals surface area contributed by atoms with Gasteiger partial charge in [0.1, 0.15) is 24.0 Å². The number of aryl methyl sites for hydroxylation is 3. The maximum absolute atomic E-state index is 6.32. The number of benzene rings is 2. The minimum absolute atomic E-state index is 0.315. The Bertz CT molecular complexity index is 1470. The third-order valence-corrected chi connectivity index (χ3v) is 7.36. The van der Waals surface area contributed by atoms with Crippen molar-refractivity contribution in [2.45, 2.75) is 53.1 Å². The van der Waals surface area contributed by atoms with Crippen molar-refractivity contribution in [2.75, 3.05) is 36.5 Å². The van der Waals surface area contributed by atoms with Crippen LogP contribution in [0.5, 0.6) is 5.75 Å². The third kappa shape index (κ3) is 4.50. The number of aromatic amines is 1. The van der Waals surface area contributed by atoms with Gasteiger partial charge in [-0.25, -0.2) is 9.97 Å². The second-order valence-corrected chi connectivity index (χ2v) is 10.6. The Morgan fingerprint density at radius 3 is 2.62 bits per heavy atom. The van der Waals surface area contributed by atoms with Crippen LogP contribution in [0.1, 0.15) is 48.0 Å². The Labute approximate surface area is 217 Å². The summed E-state index contributed by atoms with van der Waals surface area (Å²) in [4.78, 5) is 20.2. The maximum Gasteiger partial charge on any atom is 0.225 e. The van der Waals surface area contributed by atoms with Crippen LogP contribution in [0, 0.1) is 20.8 Å². The van der Waals surface area contributed by atoms with Gasteiger partial charge in [-0.05, 0) is 67.6 Å². The molecule has 37 heavy (non-hydrogen) atoms. The fourth-order valence-corrected chi connectivity index (χ4v) is 5.50. The molecule has 2 aliphatic rings. The minimum atomic E-state index is 0.315. The molecule has 0 saturated carbocycles. The van der Waals surface area contributed by atoms with Crippen molar-refractivity contribution in [3.63, 3.8) is 0 Å². The molecule has 8 nitrogen and oxygen atoms in total. The monoisotopic (exact) mass is 497 g/mol. The maximum atomic E-state index is 6.32. The van der Waals surface area contributed by atoms with Crippen LogP contribution in [-0.4, -0.2) is 52.2 Å². The molecule has 2 aliphatic heterocycles. The molecule has 4 aromatic rings. The average molecular weight is 498 g/mol. The normalized spacial score (nSPS) is 15.9. The number of rotatable bonds is 5. The van der Waals surface area contributed by atoms with Gasteiger partial charge in [0.25, 0.3) is 0 Å². The van der Waals surface area contributed by atoms with E-state index in [1.807, 2.05) is 6.92 Å². The molecule has 2 aromatic carbocycles. The molecule has 1 saturated heterocycles. The van der Waals surface area contributed by atoms with Crippen LogP contribution in [0.3, 0.4) is 0 Å². The third-order valence-electron chi connectivity index (χ3n) is 7.36. The number of anilines is 2. The van der Waals surface area contributed by atoms with Gasteiger partial charge in [0.05, 0.1) is 23.6 Å². The number of nitrogens with one attached hydrogen (secondary N) is 3. The Morgan fingerprint density at radius 1 is 1.03 bits per heavy atom. The predicted octanol–water partition coefficient (Wildman–Crippen LogP) is 4.85. The second-order valence-electron chi connectivity index (χ2n) is 10.6. The first-order valence-electron chi connectivity index (χ1n) is 13.2. The van der Waals surface area contributed by atoms with Gasteiger partial charge >= 0.3 is 0 Å². The number of fused-ring (bicyclic) bond motifs is 2. The van der Waals surface area contributed by atoms with E-state index in [1.165, 1.54) is 16.7 Å². The van der Waals surface area contributed by atoms with E-state index < -0.39 is 0 Å². The average Bonchev–Trinajstić information content (AvgIpc) is 3.06. The van der Waals surface area contributed by atoms with Crippen LogP contribution >= 0.6 is 0 Å². The Balaban J connectivity index is 1.39. The van der Waals surface area contributed by atoms with Crippen molar-refractivity contribution >= 4 is 22.8 Å². The van der Waals surface area contributed by atoms with E-state index in [9.17, 15) is 0 Å². The van der Waals surface area contributed by atoms with Crippen LogP contribution in [0.2, 0.25) is 0 Å². The lowest BCUT2D eigenvalue weighted by Crippen LogP contribution is -2.51. The summed E-state index contributed by atoms with van der Waals surface area (Å²) in [7, 11) is 0. The van der Waals surface area contributed by atoms with E-state index in [0.29, 0.717) is 24.5 Å². The summed E-state index contributed by atoms with van der Waals surface area (Å²) in [6.07, 6.45) is 0. The van der Waals surface area contributed by atoms with Crippen LogP contribution in [0.15, 0.2) is 30.3 Å². The summed E-state index contributed by atoms with van der Waals surface area (Å²) in [5.74, 6) is 3.94. The van der Waals surface area contributed by atoms with Gasteiger partial charge in [-0.1, -0.05) is 19.9 Å². The molecule has 0 atom stereocenters. The number of ether oxygens (including phenoxy) is 1. The number of imidazole rings is 1. The Morgan fingerprint density at radius 2 is 1.86 bits per heavy atom. The summed E-state index contributed by atoms with van der Waals surface area (Å²) < 4.78 is 6.32. The number of H-pyrrole nitrogens is 1. The van der Waals surface area contributed by atoms with E-state index in [2.05, 4.69) is 83.5 Å². The first kappa shape index (κ1) is 23.7. The van der Waals surface area contributed by atoms with Gasteiger partial charge in [-0.15, -0.1) is 0 Å². The molecule has 3 N–H and O–H groups in total. The Hall–Kier alpha value is -3.65. The van der Waals surface area contributed by atoms with E-state index in [0.717, 1.165) is 71.4 Å². The lowest BCUT2D eigenvalue weighted by molar-refractivity contribution is 0.329. The summed E-state index contributed by atoms with van der Waals surface area (Å²) >= 11 is 0. The van der Waals surface area contributed by atoms with Gasteiger partial charge in [-0.2, -0.15) is 4.98 Å². The van der Waals surface area contributed by atoms with Crippen molar-refractivity contribution < 1.29 is 4.74 Å². The van der Waals surface area contributed by atoms with Crippen molar-refractivity contribution in [1.82, 2.24) is 25.3 Å². The number of hydrogen-bond acceptors (Lipinski definition) is 7. The molecule has 8 heteroatoms. The molecule has 1 fully saturated rings. The molecule has 0 bridgehead atoms. The summed E-state index contributed by atoms with van der Waals surface area (Å²) in [5.41, 5.74) is 8.93. The fourth-order valence-electron chi connectivity index (χ4n) is 5.50. The zero-order chi connectivity index (χ0) is 25.7. The molecule has 4 heterocycles. The zero-order valence-electron chi connectivity index (χ0n) is 22.3. The highest BCUT2D eigenvalue weighted by Gasteiger charge is 2.26. The molecule has 0 amide bonds. The molecular weight excluding hydrogens is 462 g/mol. The van der Waals surface area contributed by atoms with Crippen molar-refractivity contribution in [1.29, 1.82) is 0 Å². The fraction of sp³-hybridized carbons (Fsp3) is 0.414. The second kappa shape index (κ2) is 9.34. The summed E-state index contributed by atoms with van der Waals surface area (Å²) in [5, 5.41) is 6.81. The first-order chi connectivity index (χ1) is 17.9. The summed E-state index contributed by atoms with van der Waals surface area (Å²) in [6.45, 7) is 14.7. The SMILES string of the molecule is Cc1nc2cc(-c3cc(C)c4c(c3)CN(c3nc(NC5CNC5)nc(C)c3C(C)C)CCO4)ccc2[nH]1. The van der Waals surface area contributed by atoms with Gasteiger partial charge in [0, 0.05) is 36.5 Å². The van der Waals surface area contributed by atoms with E-state index >= 15 is 0 Å². The first-order valence-corrected chi connectivity index (χ1v) is 13.2. The van der Waals surface area contributed by atoms with Crippen LogP contribution < -0.4 is 20.3 Å². The quantitative estimate of drug-likeness (QED) is 0.363. The largest absolute Gasteiger partial charge is 0.491 e. The van der Waals surface area contributed by atoms with E-state index in [1.54, 1.807) is 0 Å². The minimum Gasteiger partial charge on any atom is -0.491 e. The molecular formula is C29H35N7O. The van der Waals surface area contributed by atoms with Gasteiger partial charge in [0.15, 0.2) is 0 Å². The molecule has 0 radical (unpaired) electrons. The Kier molecular flexibility index (Phi) is 5.99. The molecule has 6 rings (SSSR count). The van der Waals surface area contributed by atoms with Crippen LogP contribution in [0.4, 0.5) is 11.8 Å². The molecule has 2 aromatic heterocycles. The highest BCUT2D eigenvalue weighted by molar-refractivity contribution is 5.82. The highest BCUT2D eigenvalue weighted by Crippen LogP contribution is 2.37. The number of aromatic nitrogens is 4. The van der Waals surface area contributed by atoms with E-state index in [4.69, 9.17) is 14.7 Å². The van der Waals surface area contributed by atoms with Crippen molar-refractivity contribution in [3.05, 3.63) is 58.5 Å². The predicted molar refractivity (Wildman–Crippen MR) is 149 cm³/mol. The van der Waals surface area contributed by atoms with E-state index in [-0.39, 0.29) is 0 Å².